The Balaban J connectivity index is 1.97. The number of nitrogens with two attached hydrogens (primary N) is 1. The lowest BCUT2D eigenvalue weighted by atomic mass is 10.2. The second kappa shape index (κ2) is 6.66. The maximum Gasteiger partial charge on any atom is 0.238 e. The maximum atomic E-state index is 11.3. The molecule has 21 heavy (non-hydrogen) atoms. The highest BCUT2D eigenvalue weighted by Crippen LogP contribution is 2.10. The zero-order valence-corrected chi connectivity index (χ0v) is 12.4. The standard InChI is InChI=1S/C14H17N3O3S/c1-20-14-7-3-5-12(17-14)10-16-9-11-4-2-6-13(8-11)21(15,18)19/h2-8,16H,9-10H2,1H3,(H2,15,18,19). The Hall–Kier alpha value is -1.96. The van der Waals surface area contributed by atoms with Crippen molar-refractivity contribution >= 4 is 10.0 Å². The van der Waals surface area contributed by atoms with Crippen LogP contribution in [0.25, 0.3) is 0 Å². The average Bonchev–Trinajstić information content (AvgIpc) is 2.47. The van der Waals surface area contributed by atoms with Gasteiger partial charge < -0.3 is 10.1 Å². The Bertz CT molecular complexity index is 717. The van der Waals surface area contributed by atoms with E-state index in [1.54, 1.807) is 25.3 Å². The lowest BCUT2D eigenvalue weighted by Gasteiger charge is -2.07. The second-order valence-electron chi connectivity index (χ2n) is 4.47. The third kappa shape index (κ3) is 4.52. The summed E-state index contributed by atoms with van der Waals surface area (Å²) in [6, 6.07) is 12.1. The minimum Gasteiger partial charge on any atom is -0.481 e. The molecule has 0 atom stereocenters. The van der Waals surface area contributed by atoms with E-state index in [0.717, 1.165) is 11.3 Å². The molecule has 0 aliphatic rings. The van der Waals surface area contributed by atoms with Crippen LogP contribution in [0, 0.1) is 0 Å². The fraction of sp³-hybridized carbons (Fsp3) is 0.214. The van der Waals surface area contributed by atoms with E-state index in [1.165, 1.54) is 6.07 Å². The molecule has 0 aliphatic carbocycles. The number of methoxy groups -OCH3 is 1. The summed E-state index contributed by atoms with van der Waals surface area (Å²) in [5.74, 6) is 0.561. The quantitative estimate of drug-likeness (QED) is 0.831. The molecule has 0 saturated carbocycles. The number of nitrogens with zero attached hydrogens (tertiary/aromatic N) is 1. The topological polar surface area (TPSA) is 94.3 Å². The molecule has 1 heterocycles. The zero-order valence-electron chi connectivity index (χ0n) is 11.6. The summed E-state index contributed by atoms with van der Waals surface area (Å²) in [6.07, 6.45) is 0. The van der Waals surface area contributed by atoms with Crippen molar-refractivity contribution in [3.63, 3.8) is 0 Å². The number of hydrogen-bond acceptors (Lipinski definition) is 5. The van der Waals surface area contributed by atoms with Gasteiger partial charge in [-0.3, -0.25) is 0 Å². The van der Waals surface area contributed by atoms with Gasteiger partial charge >= 0.3 is 0 Å². The van der Waals surface area contributed by atoms with Crippen molar-refractivity contribution in [3.05, 3.63) is 53.7 Å². The van der Waals surface area contributed by atoms with Crippen LogP contribution in [0.3, 0.4) is 0 Å². The van der Waals surface area contributed by atoms with Crippen molar-refractivity contribution in [2.75, 3.05) is 7.11 Å². The predicted octanol–water partition coefficient (Wildman–Crippen LogP) is 1.03. The molecule has 3 N–H and O–H groups in total. The van der Waals surface area contributed by atoms with E-state index in [1.807, 2.05) is 18.2 Å². The lowest BCUT2D eigenvalue weighted by molar-refractivity contribution is 0.395. The van der Waals surface area contributed by atoms with Gasteiger partial charge in [0.25, 0.3) is 0 Å². The smallest absolute Gasteiger partial charge is 0.238 e. The summed E-state index contributed by atoms with van der Waals surface area (Å²) in [5, 5.41) is 8.30. The summed E-state index contributed by atoms with van der Waals surface area (Å²) in [4.78, 5) is 4.39. The molecule has 0 radical (unpaired) electrons. The number of ether oxygens (including phenoxy) is 1. The molecule has 6 nitrogen and oxygen atoms in total. The number of pyridine rings is 1. The van der Waals surface area contributed by atoms with E-state index in [-0.39, 0.29) is 4.90 Å². The highest BCUT2D eigenvalue weighted by molar-refractivity contribution is 7.89. The van der Waals surface area contributed by atoms with Gasteiger partial charge in [0.2, 0.25) is 15.9 Å². The SMILES string of the molecule is COc1cccc(CNCc2cccc(S(N)(=O)=O)c2)n1. The normalized spacial score (nSPS) is 11.3. The monoisotopic (exact) mass is 307 g/mol. The number of nitrogens with one attached hydrogen (secondary N) is 1. The van der Waals surface area contributed by atoms with Gasteiger partial charge in [-0.1, -0.05) is 18.2 Å². The molecule has 0 aliphatic heterocycles. The lowest BCUT2D eigenvalue weighted by Crippen LogP contribution is -2.15. The Morgan fingerprint density at radius 1 is 1.19 bits per heavy atom. The van der Waals surface area contributed by atoms with Gasteiger partial charge in [0, 0.05) is 19.2 Å². The highest BCUT2D eigenvalue weighted by Gasteiger charge is 2.07. The van der Waals surface area contributed by atoms with Gasteiger partial charge in [-0.25, -0.2) is 18.5 Å². The fourth-order valence-corrected chi connectivity index (χ4v) is 2.42. The van der Waals surface area contributed by atoms with Crippen molar-refractivity contribution in [1.29, 1.82) is 0 Å². The van der Waals surface area contributed by atoms with Crippen molar-refractivity contribution in [3.8, 4) is 5.88 Å². The first-order valence-electron chi connectivity index (χ1n) is 6.31. The first kappa shape index (κ1) is 15.4. The second-order valence-corrected chi connectivity index (χ2v) is 6.03. The molecule has 0 spiro atoms. The molecule has 112 valence electrons. The number of hydrogen-bond donors (Lipinski definition) is 2. The number of aromatic nitrogens is 1. The molecule has 0 amide bonds. The van der Waals surface area contributed by atoms with Gasteiger partial charge in [0.05, 0.1) is 17.7 Å². The third-order valence-corrected chi connectivity index (χ3v) is 3.76. The van der Waals surface area contributed by atoms with Crippen LogP contribution in [0.1, 0.15) is 11.3 Å². The van der Waals surface area contributed by atoms with Gasteiger partial charge in [-0.2, -0.15) is 0 Å². The molecule has 1 aromatic carbocycles. The summed E-state index contributed by atoms with van der Waals surface area (Å²) >= 11 is 0. The molecule has 0 fully saturated rings. The van der Waals surface area contributed by atoms with E-state index in [0.29, 0.717) is 19.0 Å². The molecular weight excluding hydrogens is 290 g/mol. The van der Waals surface area contributed by atoms with E-state index >= 15 is 0 Å². The summed E-state index contributed by atoms with van der Waals surface area (Å²) in [6.45, 7) is 1.07. The van der Waals surface area contributed by atoms with Crippen molar-refractivity contribution in [2.45, 2.75) is 18.0 Å². The van der Waals surface area contributed by atoms with Crippen molar-refractivity contribution in [1.82, 2.24) is 10.3 Å². The summed E-state index contributed by atoms with van der Waals surface area (Å²) < 4.78 is 27.6. The predicted molar refractivity (Wildman–Crippen MR) is 79.1 cm³/mol. The van der Waals surface area contributed by atoms with Crippen LogP contribution < -0.4 is 15.2 Å². The Kier molecular flexibility index (Phi) is 4.89. The minimum absolute atomic E-state index is 0.112. The van der Waals surface area contributed by atoms with Gasteiger partial charge in [-0.15, -0.1) is 0 Å². The molecular formula is C14H17N3O3S. The molecule has 7 heteroatoms. The minimum atomic E-state index is -3.67. The molecule has 0 saturated heterocycles. The fourth-order valence-electron chi connectivity index (χ4n) is 1.84. The Morgan fingerprint density at radius 3 is 2.67 bits per heavy atom. The zero-order chi connectivity index (χ0) is 15.3. The highest BCUT2D eigenvalue weighted by atomic mass is 32.2. The summed E-state index contributed by atoms with van der Waals surface area (Å²) in [7, 11) is -2.10. The van der Waals surface area contributed by atoms with Crippen molar-refractivity contribution < 1.29 is 13.2 Å². The van der Waals surface area contributed by atoms with E-state index in [2.05, 4.69) is 10.3 Å². The number of primary sulfonamides is 1. The number of sulfonamides is 1. The van der Waals surface area contributed by atoms with Crippen LogP contribution in [0.4, 0.5) is 0 Å². The van der Waals surface area contributed by atoms with E-state index in [4.69, 9.17) is 9.88 Å². The molecule has 1 aromatic heterocycles. The van der Waals surface area contributed by atoms with Gasteiger partial charge in [0.1, 0.15) is 0 Å². The molecule has 2 rings (SSSR count). The average molecular weight is 307 g/mol. The molecule has 0 unspecified atom stereocenters. The molecule has 2 aromatic rings. The summed E-state index contributed by atoms with van der Waals surface area (Å²) in [5.41, 5.74) is 1.68. The number of rotatable bonds is 6. The van der Waals surface area contributed by atoms with Crippen LogP contribution in [0.5, 0.6) is 5.88 Å². The van der Waals surface area contributed by atoms with Crippen LogP contribution in [0.15, 0.2) is 47.4 Å². The Labute approximate surface area is 124 Å². The van der Waals surface area contributed by atoms with E-state index in [9.17, 15) is 8.42 Å². The van der Waals surface area contributed by atoms with Crippen LogP contribution >= 0.6 is 0 Å². The molecule has 0 bridgehead atoms. The Morgan fingerprint density at radius 2 is 1.95 bits per heavy atom. The van der Waals surface area contributed by atoms with Gasteiger partial charge in [-0.05, 0) is 23.8 Å². The first-order valence-corrected chi connectivity index (χ1v) is 7.86. The van der Waals surface area contributed by atoms with Crippen LogP contribution in [-0.2, 0) is 23.1 Å². The van der Waals surface area contributed by atoms with Gasteiger partial charge in [0.15, 0.2) is 0 Å². The van der Waals surface area contributed by atoms with Crippen LogP contribution in [0.2, 0.25) is 0 Å². The largest absolute Gasteiger partial charge is 0.481 e. The third-order valence-electron chi connectivity index (χ3n) is 2.85. The van der Waals surface area contributed by atoms with Crippen LogP contribution in [-0.4, -0.2) is 20.5 Å². The van der Waals surface area contributed by atoms with Crippen molar-refractivity contribution in [2.24, 2.45) is 5.14 Å². The van der Waals surface area contributed by atoms with E-state index < -0.39 is 10.0 Å². The first-order chi connectivity index (χ1) is 9.99. The number of benzene rings is 1. The maximum absolute atomic E-state index is 11.3.